The van der Waals surface area contributed by atoms with E-state index < -0.39 is 40.2 Å². The van der Waals surface area contributed by atoms with Gasteiger partial charge in [-0.05, 0) is 41.0 Å². The molecule has 3 aromatic carbocycles. The number of furan rings is 1. The Morgan fingerprint density at radius 3 is 2.08 bits per heavy atom. The molecular formula is C30H30FN3O5S. The van der Waals surface area contributed by atoms with Crippen molar-refractivity contribution in [3.8, 4) is 0 Å². The van der Waals surface area contributed by atoms with Crippen LogP contribution in [0.4, 0.5) is 4.39 Å². The maximum absolute atomic E-state index is 14.0. The summed E-state index contributed by atoms with van der Waals surface area (Å²) in [5, 5.41) is 2.82. The molecule has 4 rings (SSSR count). The number of benzene rings is 3. The number of nitrogens with zero attached hydrogens (tertiary/aromatic N) is 2. The number of hydrogen-bond donors (Lipinski definition) is 1. The van der Waals surface area contributed by atoms with Gasteiger partial charge in [-0.1, -0.05) is 72.8 Å². The van der Waals surface area contributed by atoms with Crippen molar-refractivity contribution in [3.05, 3.63) is 132 Å². The first kappa shape index (κ1) is 28.7. The average molecular weight is 564 g/mol. The van der Waals surface area contributed by atoms with Crippen molar-refractivity contribution in [1.29, 1.82) is 0 Å². The van der Waals surface area contributed by atoms with Crippen molar-refractivity contribution in [2.24, 2.45) is 0 Å². The Labute approximate surface area is 233 Å². The van der Waals surface area contributed by atoms with Crippen LogP contribution in [0.2, 0.25) is 0 Å². The summed E-state index contributed by atoms with van der Waals surface area (Å²) in [4.78, 5) is 28.9. The zero-order valence-electron chi connectivity index (χ0n) is 21.9. The average Bonchev–Trinajstić information content (AvgIpc) is 3.47. The summed E-state index contributed by atoms with van der Waals surface area (Å²) in [6.07, 6.45) is 2.53. The first-order chi connectivity index (χ1) is 19.2. The quantitative estimate of drug-likeness (QED) is 0.278. The Balaban J connectivity index is 1.69. The van der Waals surface area contributed by atoms with Crippen LogP contribution in [0.3, 0.4) is 0 Å². The van der Waals surface area contributed by atoms with E-state index in [9.17, 15) is 22.4 Å². The van der Waals surface area contributed by atoms with Gasteiger partial charge in [-0.3, -0.25) is 9.59 Å². The lowest BCUT2D eigenvalue weighted by molar-refractivity contribution is -0.142. The molecule has 1 N–H and O–H groups in total. The Hall–Kier alpha value is -4.28. The zero-order valence-corrected chi connectivity index (χ0v) is 22.8. The molecule has 1 atom stereocenters. The predicted molar refractivity (Wildman–Crippen MR) is 148 cm³/mol. The summed E-state index contributed by atoms with van der Waals surface area (Å²) in [7, 11) is -3.80. The SMILES string of the molecule is CS(=O)(=O)N(CC(=O)N(Cc1ccc(F)cc1)[C@H](C(=O)NCc1ccco1)c1ccccc1)Cc1ccccc1. The molecule has 4 aromatic rings. The minimum absolute atomic E-state index is 0.0174. The highest BCUT2D eigenvalue weighted by molar-refractivity contribution is 7.88. The Morgan fingerprint density at radius 2 is 1.48 bits per heavy atom. The third-order valence-electron chi connectivity index (χ3n) is 6.26. The highest BCUT2D eigenvalue weighted by atomic mass is 32.2. The lowest BCUT2D eigenvalue weighted by Crippen LogP contribution is -2.47. The van der Waals surface area contributed by atoms with Crippen LogP contribution >= 0.6 is 0 Å². The summed E-state index contributed by atoms with van der Waals surface area (Å²) < 4.78 is 45.5. The molecule has 0 bridgehead atoms. The first-order valence-electron chi connectivity index (χ1n) is 12.6. The number of sulfonamides is 1. The fourth-order valence-electron chi connectivity index (χ4n) is 4.22. The van der Waals surface area contributed by atoms with Gasteiger partial charge in [0.15, 0.2) is 0 Å². The monoisotopic (exact) mass is 563 g/mol. The predicted octanol–water partition coefficient (Wildman–Crippen LogP) is 4.27. The van der Waals surface area contributed by atoms with Gasteiger partial charge in [0.05, 0.1) is 25.6 Å². The fourth-order valence-corrected chi connectivity index (χ4v) is 4.95. The number of carbonyl (C=O) groups excluding carboxylic acids is 2. The Bertz CT molecular complexity index is 1500. The number of hydrogen-bond acceptors (Lipinski definition) is 5. The summed E-state index contributed by atoms with van der Waals surface area (Å²) in [6, 6.07) is 25.6. The van der Waals surface area contributed by atoms with E-state index in [1.165, 1.54) is 35.4 Å². The third kappa shape index (κ3) is 7.87. The standard InChI is InChI=1S/C30H30FN3O5S/c1-40(37,38)33(20-23-9-4-2-5-10-23)22-28(35)34(21-24-14-16-26(31)17-15-24)29(25-11-6-3-7-12-25)30(36)32-19-27-13-8-18-39-27/h2-18,29H,19-22H2,1H3,(H,32,36)/t29-/m0/s1. The van der Waals surface area contributed by atoms with Gasteiger partial charge in [0.1, 0.15) is 17.6 Å². The van der Waals surface area contributed by atoms with Crippen molar-refractivity contribution < 1.29 is 26.8 Å². The van der Waals surface area contributed by atoms with Crippen LogP contribution in [0.5, 0.6) is 0 Å². The molecular weight excluding hydrogens is 533 g/mol. The molecule has 40 heavy (non-hydrogen) atoms. The second-order valence-corrected chi connectivity index (χ2v) is 11.3. The van der Waals surface area contributed by atoms with E-state index in [2.05, 4.69) is 5.32 Å². The Kier molecular flexibility index (Phi) is 9.47. The second kappa shape index (κ2) is 13.2. The summed E-state index contributed by atoms with van der Waals surface area (Å²) in [5.74, 6) is -0.981. The molecule has 8 nitrogen and oxygen atoms in total. The smallest absolute Gasteiger partial charge is 0.247 e. The molecule has 10 heteroatoms. The second-order valence-electron chi connectivity index (χ2n) is 9.28. The molecule has 0 spiro atoms. The molecule has 0 aliphatic heterocycles. The molecule has 0 aliphatic rings. The van der Waals surface area contributed by atoms with Crippen LogP contribution in [0.25, 0.3) is 0 Å². The van der Waals surface area contributed by atoms with Crippen molar-refractivity contribution in [2.75, 3.05) is 12.8 Å². The van der Waals surface area contributed by atoms with Gasteiger partial charge < -0.3 is 14.6 Å². The molecule has 2 amide bonds. The van der Waals surface area contributed by atoms with E-state index in [0.29, 0.717) is 22.5 Å². The molecule has 0 saturated heterocycles. The highest BCUT2D eigenvalue weighted by Gasteiger charge is 2.33. The molecule has 1 aromatic heterocycles. The van der Waals surface area contributed by atoms with E-state index in [4.69, 9.17) is 4.42 Å². The van der Waals surface area contributed by atoms with E-state index >= 15 is 0 Å². The van der Waals surface area contributed by atoms with E-state index in [1.807, 2.05) is 6.07 Å². The number of halogens is 1. The number of nitrogens with one attached hydrogen (secondary N) is 1. The normalized spacial score (nSPS) is 12.2. The Morgan fingerprint density at radius 1 is 0.850 bits per heavy atom. The van der Waals surface area contributed by atoms with Crippen molar-refractivity contribution in [1.82, 2.24) is 14.5 Å². The highest BCUT2D eigenvalue weighted by Crippen LogP contribution is 2.25. The number of rotatable bonds is 12. The lowest BCUT2D eigenvalue weighted by atomic mass is 10.0. The zero-order chi connectivity index (χ0) is 28.5. The number of carbonyl (C=O) groups is 2. The van der Waals surface area contributed by atoms with Gasteiger partial charge >= 0.3 is 0 Å². The molecule has 0 unspecified atom stereocenters. The maximum Gasteiger partial charge on any atom is 0.247 e. The van der Waals surface area contributed by atoms with Gasteiger partial charge in [0, 0.05) is 13.1 Å². The summed E-state index contributed by atoms with van der Waals surface area (Å²) in [6.45, 7) is -0.479. The fraction of sp³-hybridized carbons (Fsp3) is 0.200. The summed E-state index contributed by atoms with van der Waals surface area (Å²) in [5.41, 5.74) is 1.81. The molecule has 208 valence electrons. The van der Waals surface area contributed by atoms with Gasteiger partial charge in [0.2, 0.25) is 21.8 Å². The maximum atomic E-state index is 14.0. The van der Waals surface area contributed by atoms with Gasteiger partial charge in [-0.25, -0.2) is 12.8 Å². The van der Waals surface area contributed by atoms with Crippen molar-refractivity contribution in [3.63, 3.8) is 0 Å². The molecule has 0 aliphatic carbocycles. The molecule has 1 heterocycles. The van der Waals surface area contributed by atoms with Crippen LogP contribution in [0, 0.1) is 5.82 Å². The van der Waals surface area contributed by atoms with Crippen LogP contribution < -0.4 is 5.32 Å². The number of amides is 2. The first-order valence-corrected chi connectivity index (χ1v) is 14.4. The largest absolute Gasteiger partial charge is 0.467 e. The van der Waals surface area contributed by atoms with Crippen LogP contribution in [-0.2, 0) is 39.2 Å². The van der Waals surface area contributed by atoms with Crippen molar-refractivity contribution >= 4 is 21.8 Å². The molecule has 0 saturated carbocycles. The van der Waals surface area contributed by atoms with E-state index in [-0.39, 0.29) is 19.6 Å². The molecule has 0 radical (unpaired) electrons. The van der Waals surface area contributed by atoms with Crippen LogP contribution in [-0.4, -0.2) is 42.2 Å². The van der Waals surface area contributed by atoms with Crippen LogP contribution in [0.15, 0.2) is 108 Å². The topological polar surface area (TPSA) is 99.9 Å². The van der Waals surface area contributed by atoms with E-state index in [1.54, 1.807) is 66.7 Å². The van der Waals surface area contributed by atoms with Gasteiger partial charge in [0.25, 0.3) is 0 Å². The minimum Gasteiger partial charge on any atom is -0.467 e. The van der Waals surface area contributed by atoms with Crippen molar-refractivity contribution in [2.45, 2.75) is 25.7 Å². The van der Waals surface area contributed by atoms with Gasteiger partial charge in [-0.2, -0.15) is 4.31 Å². The lowest BCUT2D eigenvalue weighted by Gasteiger charge is -2.33. The minimum atomic E-state index is -3.80. The van der Waals surface area contributed by atoms with Crippen LogP contribution in [0.1, 0.15) is 28.5 Å². The molecule has 0 fully saturated rings. The third-order valence-corrected chi connectivity index (χ3v) is 7.46. The summed E-state index contributed by atoms with van der Waals surface area (Å²) >= 11 is 0. The van der Waals surface area contributed by atoms with E-state index in [0.717, 1.165) is 10.6 Å². The van der Waals surface area contributed by atoms with Gasteiger partial charge in [-0.15, -0.1) is 0 Å².